The van der Waals surface area contributed by atoms with Crippen molar-refractivity contribution in [3.05, 3.63) is 89.2 Å². The minimum Gasteiger partial charge on any atom is -0.494 e. The van der Waals surface area contributed by atoms with E-state index in [2.05, 4.69) is 5.32 Å². The second-order valence-corrected chi connectivity index (χ2v) is 11.9. The van der Waals surface area contributed by atoms with Crippen molar-refractivity contribution in [1.29, 1.82) is 0 Å². The van der Waals surface area contributed by atoms with Gasteiger partial charge in [0.25, 0.3) is 10.0 Å². The Morgan fingerprint density at radius 1 is 0.976 bits per heavy atom. The molecular formula is C30H35ClFN3O5S. The molecule has 11 heteroatoms. The molecule has 0 aromatic heterocycles. The molecule has 0 saturated carbocycles. The molecule has 0 spiro atoms. The van der Waals surface area contributed by atoms with Gasteiger partial charge < -0.3 is 15.0 Å². The lowest BCUT2D eigenvalue weighted by molar-refractivity contribution is -0.140. The molecule has 0 aliphatic carbocycles. The van der Waals surface area contributed by atoms with Crippen LogP contribution in [0.1, 0.15) is 39.7 Å². The van der Waals surface area contributed by atoms with Gasteiger partial charge in [-0.25, -0.2) is 12.8 Å². The number of benzene rings is 3. The molecule has 0 bridgehead atoms. The average molecular weight is 604 g/mol. The maximum absolute atomic E-state index is 14.0. The zero-order chi connectivity index (χ0) is 30.2. The van der Waals surface area contributed by atoms with E-state index >= 15 is 0 Å². The molecular weight excluding hydrogens is 569 g/mol. The number of carbonyl (C=O) groups is 2. The fourth-order valence-electron chi connectivity index (χ4n) is 4.25. The molecule has 0 unspecified atom stereocenters. The summed E-state index contributed by atoms with van der Waals surface area (Å²) in [7, 11) is -4.33. The highest BCUT2D eigenvalue weighted by Crippen LogP contribution is 2.27. The van der Waals surface area contributed by atoms with Crippen molar-refractivity contribution in [3.63, 3.8) is 0 Å². The number of hydrogen-bond acceptors (Lipinski definition) is 5. The summed E-state index contributed by atoms with van der Waals surface area (Å²) in [4.78, 5) is 28.4. The summed E-state index contributed by atoms with van der Waals surface area (Å²) in [6.45, 7) is 7.01. The van der Waals surface area contributed by atoms with Crippen LogP contribution in [0.4, 0.5) is 10.1 Å². The van der Waals surface area contributed by atoms with Crippen LogP contribution >= 0.6 is 11.6 Å². The molecule has 8 nitrogen and oxygen atoms in total. The minimum atomic E-state index is -4.33. The van der Waals surface area contributed by atoms with E-state index in [0.29, 0.717) is 22.9 Å². The minimum absolute atomic E-state index is 0.0176. The molecule has 0 aliphatic rings. The second kappa shape index (κ2) is 14.3. The van der Waals surface area contributed by atoms with Gasteiger partial charge in [-0.3, -0.25) is 13.9 Å². The summed E-state index contributed by atoms with van der Waals surface area (Å²) >= 11 is 6.40. The molecule has 2 amide bonds. The van der Waals surface area contributed by atoms with Gasteiger partial charge in [0.1, 0.15) is 24.2 Å². The van der Waals surface area contributed by atoms with E-state index in [1.54, 1.807) is 43.3 Å². The molecule has 1 N–H and O–H groups in total. The van der Waals surface area contributed by atoms with Crippen molar-refractivity contribution in [2.45, 2.75) is 57.6 Å². The Bertz CT molecular complexity index is 1430. The highest BCUT2D eigenvalue weighted by Gasteiger charge is 2.34. The van der Waals surface area contributed by atoms with Crippen molar-refractivity contribution < 1.29 is 27.1 Å². The Labute approximate surface area is 246 Å². The topological polar surface area (TPSA) is 96.0 Å². The van der Waals surface area contributed by atoms with Gasteiger partial charge in [-0.05, 0) is 87.4 Å². The van der Waals surface area contributed by atoms with Crippen molar-refractivity contribution in [3.8, 4) is 5.75 Å². The summed E-state index contributed by atoms with van der Waals surface area (Å²) in [5, 5.41) is 3.26. The zero-order valence-electron chi connectivity index (χ0n) is 23.5. The number of carbonyl (C=O) groups excluding carboxylic acids is 2. The number of nitrogens with zero attached hydrogens (tertiary/aromatic N) is 2. The first-order valence-electron chi connectivity index (χ1n) is 13.3. The van der Waals surface area contributed by atoms with E-state index < -0.39 is 34.3 Å². The first-order chi connectivity index (χ1) is 19.5. The molecule has 3 aromatic carbocycles. The SMILES string of the molecule is CCOc1ccc(N(CC(=O)N(Cc2ccccc2Cl)[C@@H](CC)C(=O)NC(C)C)S(=O)(=O)c2ccc(F)cc2)cc1. The Balaban J connectivity index is 2.07. The Morgan fingerprint density at radius 3 is 2.17 bits per heavy atom. The molecule has 3 aromatic rings. The quantitative estimate of drug-likeness (QED) is 0.282. The van der Waals surface area contributed by atoms with Gasteiger partial charge in [0.2, 0.25) is 11.8 Å². The number of ether oxygens (including phenoxy) is 1. The lowest BCUT2D eigenvalue weighted by atomic mass is 10.1. The lowest BCUT2D eigenvalue weighted by Gasteiger charge is -2.33. The molecule has 3 rings (SSSR count). The van der Waals surface area contributed by atoms with Gasteiger partial charge in [0, 0.05) is 17.6 Å². The summed E-state index contributed by atoms with van der Waals surface area (Å²) in [6.07, 6.45) is 0.280. The number of nitrogens with one attached hydrogen (secondary N) is 1. The number of rotatable bonds is 13. The van der Waals surface area contributed by atoms with E-state index in [4.69, 9.17) is 16.3 Å². The normalized spacial score (nSPS) is 12.1. The number of anilines is 1. The van der Waals surface area contributed by atoms with Crippen LogP contribution in [0.15, 0.2) is 77.7 Å². The van der Waals surface area contributed by atoms with Crippen LogP contribution in [0.25, 0.3) is 0 Å². The van der Waals surface area contributed by atoms with Crippen LogP contribution in [0.3, 0.4) is 0 Å². The Morgan fingerprint density at radius 2 is 1.61 bits per heavy atom. The summed E-state index contributed by atoms with van der Waals surface area (Å²) < 4.78 is 47.8. The van der Waals surface area contributed by atoms with E-state index in [-0.39, 0.29) is 35.5 Å². The fourth-order valence-corrected chi connectivity index (χ4v) is 5.86. The molecule has 0 heterocycles. The van der Waals surface area contributed by atoms with E-state index in [9.17, 15) is 22.4 Å². The van der Waals surface area contributed by atoms with E-state index in [0.717, 1.165) is 28.6 Å². The lowest BCUT2D eigenvalue weighted by Crippen LogP contribution is -2.53. The van der Waals surface area contributed by atoms with Crippen molar-refractivity contribution in [1.82, 2.24) is 10.2 Å². The van der Waals surface area contributed by atoms with Gasteiger partial charge in [-0.15, -0.1) is 0 Å². The molecule has 1 atom stereocenters. The standard InChI is InChI=1S/C30H35ClFN3O5S/c1-5-28(30(37)33-21(3)4)34(19-22-9-7-8-10-27(22)31)29(36)20-35(24-13-15-25(16-14-24)40-6-2)41(38,39)26-17-11-23(32)12-18-26/h7-18,21,28H,5-6,19-20H2,1-4H3,(H,33,37)/t28-/m0/s1. The van der Waals surface area contributed by atoms with E-state index in [1.807, 2.05) is 20.8 Å². The highest BCUT2D eigenvalue weighted by molar-refractivity contribution is 7.92. The monoisotopic (exact) mass is 603 g/mol. The number of hydrogen-bond donors (Lipinski definition) is 1. The highest BCUT2D eigenvalue weighted by atomic mass is 35.5. The van der Waals surface area contributed by atoms with Crippen LogP contribution in [0, 0.1) is 5.82 Å². The van der Waals surface area contributed by atoms with Gasteiger partial charge in [0.15, 0.2) is 0 Å². The number of halogens is 2. The first kappa shape index (κ1) is 31.9. The van der Waals surface area contributed by atoms with Crippen molar-refractivity contribution >= 4 is 39.1 Å². The fraction of sp³-hybridized carbons (Fsp3) is 0.333. The maximum atomic E-state index is 14.0. The number of amides is 2. The summed E-state index contributed by atoms with van der Waals surface area (Å²) in [5.74, 6) is -1.05. The Hall–Kier alpha value is -3.63. The molecule has 0 saturated heterocycles. The Kier molecular flexibility index (Phi) is 11.1. The van der Waals surface area contributed by atoms with Gasteiger partial charge >= 0.3 is 0 Å². The van der Waals surface area contributed by atoms with Crippen LogP contribution in [0.5, 0.6) is 5.75 Å². The van der Waals surface area contributed by atoms with Crippen LogP contribution < -0.4 is 14.4 Å². The van der Waals surface area contributed by atoms with Crippen molar-refractivity contribution in [2.24, 2.45) is 0 Å². The predicted molar refractivity (Wildman–Crippen MR) is 158 cm³/mol. The van der Waals surface area contributed by atoms with Gasteiger partial charge in [-0.1, -0.05) is 36.7 Å². The summed E-state index contributed by atoms with van der Waals surface area (Å²) in [6, 6.07) is 16.5. The zero-order valence-corrected chi connectivity index (χ0v) is 25.1. The molecule has 0 radical (unpaired) electrons. The molecule has 0 aliphatic heterocycles. The smallest absolute Gasteiger partial charge is 0.264 e. The molecule has 0 fully saturated rings. The summed E-state index contributed by atoms with van der Waals surface area (Å²) in [5.41, 5.74) is 0.802. The maximum Gasteiger partial charge on any atom is 0.264 e. The van der Waals surface area contributed by atoms with Crippen LogP contribution in [0.2, 0.25) is 5.02 Å². The van der Waals surface area contributed by atoms with Crippen LogP contribution in [-0.2, 0) is 26.2 Å². The number of sulfonamides is 1. The van der Waals surface area contributed by atoms with Crippen molar-refractivity contribution in [2.75, 3.05) is 17.5 Å². The van der Waals surface area contributed by atoms with Crippen LogP contribution in [-0.4, -0.2) is 50.4 Å². The third kappa shape index (κ3) is 8.20. The largest absolute Gasteiger partial charge is 0.494 e. The first-order valence-corrected chi connectivity index (χ1v) is 15.1. The third-order valence-electron chi connectivity index (χ3n) is 6.23. The molecule has 220 valence electrons. The second-order valence-electron chi connectivity index (χ2n) is 9.59. The van der Waals surface area contributed by atoms with Gasteiger partial charge in [-0.2, -0.15) is 0 Å². The van der Waals surface area contributed by atoms with E-state index in [1.165, 1.54) is 17.0 Å². The average Bonchev–Trinajstić information content (AvgIpc) is 2.93. The third-order valence-corrected chi connectivity index (χ3v) is 8.39. The van der Waals surface area contributed by atoms with Gasteiger partial charge in [0.05, 0.1) is 17.2 Å². The molecule has 41 heavy (non-hydrogen) atoms. The predicted octanol–water partition coefficient (Wildman–Crippen LogP) is 5.41.